The van der Waals surface area contributed by atoms with Gasteiger partial charge in [0.05, 0.1) is 9.79 Å². The maximum absolute atomic E-state index is 11.8. The zero-order valence-corrected chi connectivity index (χ0v) is 25.4. The summed E-state index contributed by atoms with van der Waals surface area (Å²) in [4.78, 5) is 21.7. The summed E-state index contributed by atoms with van der Waals surface area (Å²) in [6, 6.07) is 6.32. The molecule has 3 N–H and O–H groups in total. The molecule has 178 valence electrons. The SMILES string of the molecule is CC(=O)Nc1ccc(C=Cc2ccc(NC(=O)NC(C)C)cc2S(=O)(=O)[O-])c(S(=O)(=O)[O-])c1.[Na+].[Na+]. The molecule has 0 saturated heterocycles. The summed E-state index contributed by atoms with van der Waals surface area (Å²) in [6.45, 7) is 4.65. The summed E-state index contributed by atoms with van der Waals surface area (Å²) >= 11 is 0. The van der Waals surface area contributed by atoms with Crippen LogP contribution in [0.2, 0.25) is 0 Å². The van der Waals surface area contributed by atoms with Gasteiger partial charge in [0.25, 0.3) is 0 Å². The van der Waals surface area contributed by atoms with Crippen molar-refractivity contribution < 1.29 is 94.6 Å². The summed E-state index contributed by atoms with van der Waals surface area (Å²) < 4.78 is 70.2. The maximum Gasteiger partial charge on any atom is 1.00 e. The Hall–Kier alpha value is -1.26. The first-order valence-electron chi connectivity index (χ1n) is 9.40. The second kappa shape index (κ2) is 13.9. The van der Waals surface area contributed by atoms with E-state index in [1.807, 2.05) is 0 Å². The fourth-order valence-corrected chi connectivity index (χ4v) is 4.14. The van der Waals surface area contributed by atoms with E-state index in [0.717, 1.165) is 24.3 Å². The molecule has 35 heavy (non-hydrogen) atoms. The van der Waals surface area contributed by atoms with Crippen molar-refractivity contribution >= 4 is 55.7 Å². The van der Waals surface area contributed by atoms with Crippen molar-refractivity contribution in [3.05, 3.63) is 47.5 Å². The zero-order chi connectivity index (χ0) is 25.0. The van der Waals surface area contributed by atoms with Crippen LogP contribution in [0.15, 0.2) is 46.2 Å². The van der Waals surface area contributed by atoms with Crippen LogP contribution in [0.4, 0.5) is 16.2 Å². The molecule has 0 bridgehead atoms. The molecule has 0 aliphatic heterocycles. The van der Waals surface area contributed by atoms with Crippen LogP contribution < -0.4 is 75.1 Å². The number of anilines is 2. The molecule has 11 nitrogen and oxygen atoms in total. The van der Waals surface area contributed by atoms with Crippen molar-refractivity contribution in [1.29, 1.82) is 0 Å². The van der Waals surface area contributed by atoms with Crippen LogP contribution in [0.1, 0.15) is 31.9 Å². The molecule has 2 aromatic carbocycles. The number of urea groups is 1. The average molecular weight is 542 g/mol. The molecule has 0 heterocycles. The molecule has 2 rings (SSSR count). The molecule has 0 radical (unpaired) electrons. The van der Waals surface area contributed by atoms with Gasteiger partial charge >= 0.3 is 65.1 Å². The Morgan fingerprint density at radius 2 is 1.20 bits per heavy atom. The molecule has 0 unspecified atom stereocenters. The number of amides is 3. The van der Waals surface area contributed by atoms with Gasteiger partial charge in [0.1, 0.15) is 20.2 Å². The minimum absolute atomic E-state index is 0. The fourth-order valence-electron chi connectivity index (χ4n) is 2.74. The smallest absolute Gasteiger partial charge is 0.744 e. The van der Waals surface area contributed by atoms with Crippen LogP contribution in [0.3, 0.4) is 0 Å². The molecule has 0 aromatic heterocycles. The number of hydrogen-bond acceptors (Lipinski definition) is 8. The number of nitrogens with one attached hydrogen (secondary N) is 3. The summed E-state index contributed by atoms with van der Waals surface area (Å²) in [5.74, 6) is -0.478. The van der Waals surface area contributed by atoms with E-state index in [-0.39, 0.29) is 87.7 Å². The van der Waals surface area contributed by atoms with Crippen LogP contribution in [-0.2, 0) is 25.0 Å². The molecular weight excluding hydrogens is 520 g/mol. The molecule has 15 heteroatoms. The van der Waals surface area contributed by atoms with Crippen LogP contribution >= 0.6 is 0 Å². The van der Waals surface area contributed by atoms with Crippen LogP contribution in [-0.4, -0.2) is 43.9 Å². The Balaban J connectivity index is 0.00000578. The molecule has 0 aliphatic carbocycles. The third kappa shape index (κ3) is 10.7. The van der Waals surface area contributed by atoms with Crippen molar-refractivity contribution in [2.75, 3.05) is 10.6 Å². The number of rotatable bonds is 7. The Morgan fingerprint density at radius 1 is 0.800 bits per heavy atom. The molecular formula is C20H21N3Na2O8S2. The van der Waals surface area contributed by atoms with Gasteiger partial charge in [-0.05, 0) is 49.2 Å². The van der Waals surface area contributed by atoms with Gasteiger partial charge in [0.15, 0.2) is 0 Å². The van der Waals surface area contributed by atoms with Gasteiger partial charge in [-0.15, -0.1) is 0 Å². The predicted molar refractivity (Wildman–Crippen MR) is 119 cm³/mol. The van der Waals surface area contributed by atoms with Crippen molar-refractivity contribution in [2.24, 2.45) is 0 Å². The second-order valence-corrected chi connectivity index (χ2v) is 9.88. The molecule has 0 spiro atoms. The Kier molecular flexibility index (Phi) is 13.4. The summed E-state index contributed by atoms with van der Waals surface area (Å²) in [5, 5.41) is 7.30. The molecule has 0 fully saturated rings. The third-order valence-corrected chi connectivity index (χ3v) is 5.79. The third-order valence-electron chi connectivity index (χ3n) is 4.01. The van der Waals surface area contributed by atoms with E-state index in [1.54, 1.807) is 13.8 Å². The van der Waals surface area contributed by atoms with E-state index in [4.69, 9.17) is 0 Å². The van der Waals surface area contributed by atoms with Gasteiger partial charge in [-0.25, -0.2) is 21.6 Å². The Labute approximate surface area is 248 Å². The van der Waals surface area contributed by atoms with Gasteiger partial charge in [-0.3, -0.25) is 4.79 Å². The van der Waals surface area contributed by atoms with Crippen molar-refractivity contribution in [3.63, 3.8) is 0 Å². The normalized spacial score (nSPS) is 11.4. The van der Waals surface area contributed by atoms with E-state index >= 15 is 0 Å². The first kappa shape index (κ1) is 33.7. The second-order valence-electron chi connectivity index (χ2n) is 7.18. The summed E-state index contributed by atoms with van der Waals surface area (Å²) in [7, 11) is -9.93. The van der Waals surface area contributed by atoms with Gasteiger partial charge < -0.3 is 25.1 Å². The van der Waals surface area contributed by atoms with Gasteiger partial charge in [0.2, 0.25) is 5.91 Å². The first-order chi connectivity index (χ1) is 15.2. The standard InChI is InChI=1S/C20H23N3O8S2.2Na/c1-12(2)21-20(25)23-17-9-7-15(19(11-17)33(29,30)31)5-4-14-6-8-16(22-13(3)24)10-18(14)32(26,27)28;;/h4-12H,1-3H3,(H,22,24)(H2,21,23,25)(H,26,27,28)(H,29,30,31);;/q;2*+1/p-2. The molecule has 0 atom stereocenters. The van der Waals surface area contributed by atoms with Gasteiger partial charge in [0, 0.05) is 24.3 Å². The van der Waals surface area contributed by atoms with E-state index in [0.29, 0.717) is 0 Å². The largest absolute Gasteiger partial charge is 1.00 e. The van der Waals surface area contributed by atoms with Crippen LogP contribution in [0.5, 0.6) is 0 Å². The number of benzene rings is 2. The van der Waals surface area contributed by atoms with Crippen LogP contribution in [0.25, 0.3) is 12.2 Å². The van der Waals surface area contributed by atoms with E-state index < -0.39 is 42.0 Å². The Bertz CT molecular complexity index is 1330. The van der Waals surface area contributed by atoms with E-state index in [2.05, 4.69) is 16.0 Å². The molecule has 0 aliphatic rings. The average Bonchev–Trinajstić information content (AvgIpc) is 2.65. The van der Waals surface area contributed by atoms with Gasteiger partial charge in [-0.1, -0.05) is 24.3 Å². The van der Waals surface area contributed by atoms with Crippen molar-refractivity contribution in [1.82, 2.24) is 5.32 Å². The first-order valence-corrected chi connectivity index (χ1v) is 12.2. The van der Waals surface area contributed by atoms with E-state index in [9.17, 15) is 35.5 Å². The number of hydrogen-bond donors (Lipinski definition) is 3. The quantitative estimate of drug-likeness (QED) is 0.181. The van der Waals surface area contributed by atoms with Gasteiger partial charge in [-0.2, -0.15) is 0 Å². The van der Waals surface area contributed by atoms with Crippen molar-refractivity contribution in [2.45, 2.75) is 36.6 Å². The Morgan fingerprint density at radius 3 is 1.54 bits per heavy atom. The monoisotopic (exact) mass is 541 g/mol. The number of carbonyl (C=O) groups excluding carboxylic acids is 2. The minimum Gasteiger partial charge on any atom is -0.744 e. The molecule has 2 aromatic rings. The summed E-state index contributed by atoms with van der Waals surface area (Å²) in [5.41, 5.74) is -0.0684. The van der Waals surface area contributed by atoms with Crippen molar-refractivity contribution in [3.8, 4) is 0 Å². The topological polar surface area (TPSA) is 185 Å². The minimum atomic E-state index is -4.98. The fraction of sp³-hybridized carbons (Fsp3) is 0.200. The summed E-state index contributed by atoms with van der Waals surface area (Å²) in [6.07, 6.45) is 2.29. The number of carbonyl (C=O) groups is 2. The molecule has 0 saturated carbocycles. The van der Waals surface area contributed by atoms with E-state index in [1.165, 1.54) is 31.2 Å². The predicted octanol–water partition coefficient (Wildman–Crippen LogP) is -3.84. The van der Waals surface area contributed by atoms with Crippen LogP contribution in [0, 0.1) is 0 Å². The zero-order valence-electron chi connectivity index (χ0n) is 19.8. The maximum atomic E-state index is 11.8. The molecule has 3 amide bonds.